The van der Waals surface area contributed by atoms with Crippen molar-refractivity contribution in [2.24, 2.45) is 17.6 Å². The molecule has 0 amide bonds. The normalized spacial score (nSPS) is 19.5. The molecule has 1 aliphatic carbocycles. The summed E-state index contributed by atoms with van der Waals surface area (Å²) in [7, 11) is 0. The first kappa shape index (κ1) is 16.2. The van der Waals surface area contributed by atoms with E-state index in [4.69, 9.17) is 5.73 Å². The molecule has 0 aromatic rings. The van der Waals surface area contributed by atoms with Crippen molar-refractivity contribution in [1.29, 1.82) is 0 Å². The van der Waals surface area contributed by atoms with Crippen LogP contribution in [-0.4, -0.2) is 23.5 Å². The highest BCUT2D eigenvalue weighted by Crippen LogP contribution is 2.29. The second kappa shape index (κ2) is 6.55. The Hall–Kier alpha value is -0.840. The van der Waals surface area contributed by atoms with Gasteiger partial charge >= 0.3 is 5.92 Å². The third-order valence-corrected chi connectivity index (χ3v) is 3.79. The number of hydrogen-bond acceptors (Lipinski definition) is 3. The van der Waals surface area contributed by atoms with Gasteiger partial charge in [0.15, 0.2) is 0 Å². The summed E-state index contributed by atoms with van der Waals surface area (Å²) in [5, 5.41) is 0. The van der Waals surface area contributed by atoms with Crippen LogP contribution in [0.2, 0.25) is 0 Å². The molecule has 0 spiro atoms. The third-order valence-electron chi connectivity index (χ3n) is 3.79. The minimum atomic E-state index is -3.94. The highest BCUT2D eigenvalue weighted by atomic mass is 19.3. The Labute approximate surface area is 112 Å². The van der Waals surface area contributed by atoms with Gasteiger partial charge in [-0.05, 0) is 12.3 Å². The lowest BCUT2D eigenvalue weighted by molar-refractivity contribution is -0.160. The quantitative estimate of drug-likeness (QED) is 0.758. The van der Waals surface area contributed by atoms with Crippen LogP contribution in [0.3, 0.4) is 0 Å². The summed E-state index contributed by atoms with van der Waals surface area (Å²) in [6.45, 7) is 2.71. The Bertz CT molecular complexity index is 336. The topological polar surface area (TPSA) is 60.2 Å². The molecule has 0 bridgehead atoms. The fraction of sp³-hybridized carbons (Fsp3) is 0.857. The lowest BCUT2D eigenvalue weighted by atomic mass is 9.83. The van der Waals surface area contributed by atoms with Crippen LogP contribution in [-0.2, 0) is 9.59 Å². The van der Waals surface area contributed by atoms with Crippen molar-refractivity contribution in [2.45, 2.75) is 64.3 Å². The summed E-state index contributed by atoms with van der Waals surface area (Å²) >= 11 is 0. The summed E-state index contributed by atoms with van der Waals surface area (Å²) in [5.74, 6) is -7.34. The largest absolute Gasteiger partial charge is 0.364 e. The molecule has 1 saturated carbocycles. The van der Waals surface area contributed by atoms with Crippen molar-refractivity contribution in [2.75, 3.05) is 0 Å². The number of halogens is 2. The highest BCUT2D eigenvalue weighted by Gasteiger charge is 2.49. The molecule has 0 radical (unpaired) electrons. The lowest BCUT2D eigenvalue weighted by Gasteiger charge is -2.26. The first-order chi connectivity index (χ1) is 8.76. The maximum absolute atomic E-state index is 13.7. The molecule has 1 aliphatic rings. The van der Waals surface area contributed by atoms with E-state index in [1.165, 1.54) is 13.8 Å². The van der Waals surface area contributed by atoms with Crippen LogP contribution < -0.4 is 5.73 Å². The predicted octanol–water partition coefficient (Wildman–Crippen LogP) is 2.71. The molecule has 1 rings (SSSR count). The Morgan fingerprint density at radius 2 is 1.68 bits per heavy atom. The van der Waals surface area contributed by atoms with Crippen LogP contribution in [0.15, 0.2) is 0 Å². The smallest absolute Gasteiger partial charge is 0.321 e. The first-order valence-corrected chi connectivity index (χ1v) is 6.98. The Balaban J connectivity index is 2.62. The van der Waals surface area contributed by atoms with Crippen LogP contribution in [0.5, 0.6) is 0 Å². The van der Waals surface area contributed by atoms with Gasteiger partial charge in [0.25, 0.3) is 0 Å². The molecular formula is C14H23F2NO2. The van der Waals surface area contributed by atoms with Gasteiger partial charge < -0.3 is 5.73 Å². The van der Waals surface area contributed by atoms with E-state index < -0.39 is 29.4 Å². The molecular weight excluding hydrogens is 252 g/mol. The van der Waals surface area contributed by atoms with E-state index in [9.17, 15) is 18.4 Å². The minimum absolute atomic E-state index is 0.234. The number of alkyl halides is 2. The first-order valence-electron chi connectivity index (χ1n) is 6.98. The van der Waals surface area contributed by atoms with Crippen molar-refractivity contribution in [3.63, 3.8) is 0 Å². The zero-order valence-corrected chi connectivity index (χ0v) is 11.6. The monoisotopic (exact) mass is 275 g/mol. The van der Waals surface area contributed by atoms with Crippen molar-refractivity contribution in [1.82, 2.24) is 0 Å². The molecule has 110 valence electrons. The van der Waals surface area contributed by atoms with E-state index in [1.54, 1.807) is 0 Å². The number of Topliss-reactive ketones (excluding diaryl/α,β-unsaturated/α-hetero) is 2. The van der Waals surface area contributed by atoms with E-state index in [-0.39, 0.29) is 12.3 Å². The zero-order valence-electron chi connectivity index (χ0n) is 11.6. The summed E-state index contributed by atoms with van der Waals surface area (Å²) in [6.07, 6.45) is 5.41. The maximum atomic E-state index is 13.7. The van der Waals surface area contributed by atoms with Gasteiger partial charge in [0.1, 0.15) is 0 Å². The molecule has 0 aliphatic heterocycles. The lowest BCUT2D eigenvalue weighted by Crippen LogP contribution is -2.49. The van der Waals surface area contributed by atoms with Crippen LogP contribution in [0, 0.1) is 11.8 Å². The van der Waals surface area contributed by atoms with Crippen LogP contribution >= 0.6 is 0 Å². The molecule has 3 nitrogen and oxygen atoms in total. The van der Waals surface area contributed by atoms with Gasteiger partial charge in [0.2, 0.25) is 11.6 Å². The molecule has 2 N–H and O–H groups in total. The molecule has 1 atom stereocenters. The van der Waals surface area contributed by atoms with E-state index in [2.05, 4.69) is 0 Å². The van der Waals surface area contributed by atoms with Gasteiger partial charge in [-0.25, -0.2) is 0 Å². The van der Waals surface area contributed by atoms with Gasteiger partial charge in [-0.3, -0.25) is 9.59 Å². The van der Waals surface area contributed by atoms with Gasteiger partial charge in [-0.15, -0.1) is 0 Å². The SMILES string of the molecule is CC(C)C(=O)C(F)(F)C(=O)C(N)CC1CCCCC1. The standard InChI is InChI=1S/C14H23F2NO2/c1-9(2)12(18)14(15,16)13(19)11(17)8-10-6-4-3-5-7-10/h9-11H,3-8,17H2,1-2H3. The molecule has 19 heavy (non-hydrogen) atoms. The second-order valence-corrected chi connectivity index (χ2v) is 5.80. The molecule has 0 saturated heterocycles. The van der Waals surface area contributed by atoms with E-state index in [1.807, 2.05) is 0 Å². The third kappa shape index (κ3) is 4.06. The van der Waals surface area contributed by atoms with Gasteiger partial charge in [-0.2, -0.15) is 8.78 Å². The second-order valence-electron chi connectivity index (χ2n) is 5.80. The fourth-order valence-electron chi connectivity index (χ4n) is 2.61. The van der Waals surface area contributed by atoms with Crippen molar-refractivity contribution in [3.8, 4) is 0 Å². The van der Waals surface area contributed by atoms with Crippen molar-refractivity contribution >= 4 is 11.6 Å². The number of rotatable bonds is 6. The number of carbonyl (C=O) groups excluding carboxylic acids is 2. The summed E-state index contributed by atoms with van der Waals surface area (Å²) < 4.78 is 27.4. The van der Waals surface area contributed by atoms with Gasteiger partial charge in [-0.1, -0.05) is 46.0 Å². The molecule has 0 heterocycles. The highest BCUT2D eigenvalue weighted by molar-refractivity contribution is 6.11. The number of nitrogens with two attached hydrogens (primary N) is 1. The predicted molar refractivity (Wildman–Crippen MR) is 69.0 cm³/mol. The fourth-order valence-corrected chi connectivity index (χ4v) is 2.61. The average Bonchev–Trinajstić information content (AvgIpc) is 2.37. The average molecular weight is 275 g/mol. The van der Waals surface area contributed by atoms with E-state index in [0.717, 1.165) is 32.1 Å². The van der Waals surface area contributed by atoms with Crippen LogP contribution in [0.1, 0.15) is 52.4 Å². The Morgan fingerprint density at radius 1 is 1.16 bits per heavy atom. The summed E-state index contributed by atoms with van der Waals surface area (Å²) in [4.78, 5) is 23.1. The van der Waals surface area contributed by atoms with Gasteiger partial charge in [0, 0.05) is 5.92 Å². The molecule has 0 aromatic heterocycles. The number of carbonyl (C=O) groups is 2. The molecule has 1 unspecified atom stereocenters. The molecule has 0 aromatic carbocycles. The Kier molecular flexibility index (Phi) is 5.59. The molecule has 1 fully saturated rings. The van der Waals surface area contributed by atoms with Crippen LogP contribution in [0.4, 0.5) is 8.78 Å². The summed E-state index contributed by atoms with van der Waals surface area (Å²) in [6, 6.07) is -1.24. The number of ketones is 2. The van der Waals surface area contributed by atoms with E-state index >= 15 is 0 Å². The van der Waals surface area contributed by atoms with Crippen molar-refractivity contribution in [3.05, 3.63) is 0 Å². The van der Waals surface area contributed by atoms with Crippen molar-refractivity contribution < 1.29 is 18.4 Å². The van der Waals surface area contributed by atoms with Gasteiger partial charge in [0.05, 0.1) is 6.04 Å². The summed E-state index contributed by atoms with van der Waals surface area (Å²) in [5.41, 5.74) is 5.59. The van der Waals surface area contributed by atoms with E-state index in [0.29, 0.717) is 0 Å². The maximum Gasteiger partial charge on any atom is 0.364 e. The number of hydrogen-bond donors (Lipinski definition) is 1. The Morgan fingerprint density at radius 3 is 2.16 bits per heavy atom. The zero-order chi connectivity index (χ0) is 14.6. The minimum Gasteiger partial charge on any atom is -0.321 e. The molecule has 5 heteroatoms. The van der Waals surface area contributed by atoms with Crippen LogP contribution in [0.25, 0.3) is 0 Å².